The molecule has 0 saturated heterocycles. The first-order valence-corrected chi connectivity index (χ1v) is 9.58. The molecule has 1 aliphatic heterocycles. The van der Waals surface area contributed by atoms with Crippen LogP contribution in [0.25, 0.3) is 0 Å². The lowest BCUT2D eigenvalue weighted by atomic mass is 10.1. The van der Waals surface area contributed by atoms with Gasteiger partial charge in [-0.3, -0.25) is 4.68 Å². The van der Waals surface area contributed by atoms with Crippen LogP contribution in [0.5, 0.6) is 0 Å². The Morgan fingerprint density at radius 2 is 2.29 bits per heavy atom. The molecule has 2 aromatic rings. The van der Waals surface area contributed by atoms with E-state index in [9.17, 15) is 18.3 Å². The van der Waals surface area contributed by atoms with Gasteiger partial charge in [0.15, 0.2) is 0 Å². The van der Waals surface area contributed by atoms with Crippen molar-refractivity contribution >= 4 is 27.3 Å². The SMILES string of the molecule is CN(Cc1cnn(C)c1)S(=O)(=O)c1sc2c(c1C(=O)O)CCNC2. The number of hydrogen-bond donors (Lipinski definition) is 2. The molecule has 3 rings (SSSR count). The molecule has 130 valence electrons. The Morgan fingerprint density at radius 1 is 1.54 bits per heavy atom. The molecule has 0 radical (unpaired) electrons. The zero-order valence-corrected chi connectivity index (χ0v) is 14.9. The second kappa shape index (κ2) is 6.28. The second-order valence-corrected chi connectivity index (χ2v) is 9.03. The minimum absolute atomic E-state index is 0.0745. The Labute approximate surface area is 143 Å². The number of aromatic nitrogens is 2. The van der Waals surface area contributed by atoms with Gasteiger partial charge in [0.2, 0.25) is 0 Å². The lowest BCUT2D eigenvalue weighted by molar-refractivity contribution is 0.0692. The smallest absolute Gasteiger partial charge is 0.338 e. The average molecular weight is 370 g/mol. The highest BCUT2D eigenvalue weighted by molar-refractivity contribution is 7.91. The van der Waals surface area contributed by atoms with Crippen molar-refractivity contribution in [1.82, 2.24) is 19.4 Å². The molecule has 2 aromatic heterocycles. The van der Waals surface area contributed by atoms with Gasteiger partial charge in [0.1, 0.15) is 4.21 Å². The zero-order valence-electron chi connectivity index (χ0n) is 13.3. The van der Waals surface area contributed by atoms with Crippen LogP contribution < -0.4 is 5.32 Å². The van der Waals surface area contributed by atoms with Gasteiger partial charge >= 0.3 is 5.97 Å². The molecule has 3 heterocycles. The molecule has 0 saturated carbocycles. The van der Waals surface area contributed by atoms with Crippen molar-refractivity contribution in [1.29, 1.82) is 0 Å². The van der Waals surface area contributed by atoms with Gasteiger partial charge in [0.05, 0.1) is 11.8 Å². The normalized spacial score (nSPS) is 14.8. The number of carboxylic acids is 1. The molecule has 0 atom stereocenters. The van der Waals surface area contributed by atoms with E-state index in [-0.39, 0.29) is 16.3 Å². The molecule has 1 aliphatic rings. The molecule has 0 fully saturated rings. The monoisotopic (exact) mass is 370 g/mol. The summed E-state index contributed by atoms with van der Waals surface area (Å²) in [6.45, 7) is 1.28. The summed E-state index contributed by atoms with van der Waals surface area (Å²) in [7, 11) is -0.691. The van der Waals surface area contributed by atoms with Crippen molar-refractivity contribution in [2.24, 2.45) is 7.05 Å². The third kappa shape index (κ3) is 2.97. The highest BCUT2D eigenvalue weighted by Gasteiger charge is 2.34. The van der Waals surface area contributed by atoms with Crippen molar-refractivity contribution < 1.29 is 18.3 Å². The Kier molecular flexibility index (Phi) is 4.47. The summed E-state index contributed by atoms with van der Waals surface area (Å²) in [5, 5.41) is 16.7. The van der Waals surface area contributed by atoms with Gasteiger partial charge < -0.3 is 10.4 Å². The van der Waals surface area contributed by atoms with Gasteiger partial charge in [-0.1, -0.05) is 0 Å². The van der Waals surface area contributed by atoms with Crippen LogP contribution in [-0.4, -0.2) is 47.2 Å². The maximum atomic E-state index is 12.9. The van der Waals surface area contributed by atoms with E-state index in [2.05, 4.69) is 10.4 Å². The summed E-state index contributed by atoms with van der Waals surface area (Å²) in [6.07, 6.45) is 3.84. The van der Waals surface area contributed by atoms with E-state index >= 15 is 0 Å². The van der Waals surface area contributed by atoms with Crippen molar-refractivity contribution in [3.63, 3.8) is 0 Å². The number of carbonyl (C=O) groups is 1. The molecular weight excluding hydrogens is 352 g/mol. The van der Waals surface area contributed by atoms with Crippen LogP contribution in [0.15, 0.2) is 16.6 Å². The summed E-state index contributed by atoms with van der Waals surface area (Å²) in [5.74, 6) is -1.19. The second-order valence-electron chi connectivity index (χ2n) is 5.68. The Bertz CT molecular complexity index is 885. The van der Waals surface area contributed by atoms with Crippen LogP contribution in [0, 0.1) is 0 Å². The molecule has 0 bridgehead atoms. The van der Waals surface area contributed by atoms with Crippen molar-refractivity contribution in [3.8, 4) is 0 Å². The highest BCUT2D eigenvalue weighted by Crippen LogP contribution is 2.36. The predicted octanol–water partition coefficient (Wildman–Crippen LogP) is 0.646. The van der Waals surface area contributed by atoms with Crippen molar-refractivity contribution in [2.75, 3.05) is 13.6 Å². The first-order chi connectivity index (χ1) is 11.3. The number of rotatable bonds is 5. The Hall–Kier alpha value is -1.75. The van der Waals surface area contributed by atoms with Crippen LogP contribution >= 0.6 is 11.3 Å². The largest absolute Gasteiger partial charge is 0.478 e. The van der Waals surface area contributed by atoms with Gasteiger partial charge in [-0.15, -0.1) is 11.3 Å². The molecule has 24 heavy (non-hydrogen) atoms. The van der Waals surface area contributed by atoms with Crippen molar-refractivity contribution in [2.45, 2.75) is 23.7 Å². The van der Waals surface area contributed by atoms with Crippen molar-refractivity contribution in [3.05, 3.63) is 34.0 Å². The van der Waals surface area contributed by atoms with E-state index in [1.807, 2.05) is 0 Å². The number of nitrogens with one attached hydrogen (secondary N) is 1. The number of carboxylic acid groups (broad SMARTS) is 1. The standard InChI is InChI=1S/C14H18N4O4S2/c1-17-7-9(5-16-17)8-18(2)24(21,22)14-12(13(19)20)10-3-4-15-6-11(10)23-14/h5,7,15H,3-4,6,8H2,1-2H3,(H,19,20). The number of hydrogen-bond acceptors (Lipinski definition) is 6. The highest BCUT2D eigenvalue weighted by atomic mass is 32.2. The first-order valence-electron chi connectivity index (χ1n) is 7.33. The fourth-order valence-electron chi connectivity index (χ4n) is 2.74. The quantitative estimate of drug-likeness (QED) is 0.801. The molecule has 8 nitrogen and oxygen atoms in total. The minimum Gasteiger partial charge on any atom is -0.478 e. The summed E-state index contributed by atoms with van der Waals surface area (Å²) in [5.41, 5.74) is 1.30. The first kappa shape index (κ1) is 17.1. The third-order valence-electron chi connectivity index (χ3n) is 3.92. The summed E-state index contributed by atoms with van der Waals surface area (Å²) >= 11 is 1.05. The zero-order chi connectivity index (χ0) is 17.5. The molecule has 0 aliphatic carbocycles. The number of fused-ring (bicyclic) bond motifs is 1. The minimum atomic E-state index is -3.89. The van der Waals surface area contributed by atoms with Gasteiger partial charge in [-0.05, 0) is 18.5 Å². The molecule has 10 heteroatoms. The molecule has 0 aromatic carbocycles. The molecule has 0 spiro atoms. The lowest BCUT2D eigenvalue weighted by Gasteiger charge is -2.16. The van der Waals surface area contributed by atoms with Gasteiger partial charge in [0.25, 0.3) is 10.0 Å². The Balaban J connectivity index is 2.00. The molecule has 2 N–H and O–H groups in total. The Morgan fingerprint density at radius 3 is 2.92 bits per heavy atom. The summed E-state index contributed by atoms with van der Waals surface area (Å²) in [4.78, 5) is 12.5. The van der Waals surface area contributed by atoms with E-state index in [0.717, 1.165) is 21.8 Å². The maximum absolute atomic E-state index is 12.9. The van der Waals surface area contributed by atoms with Crippen LogP contribution in [0.2, 0.25) is 0 Å². The number of aromatic carboxylic acids is 1. The fourth-order valence-corrected chi connectivity index (χ4v) is 5.96. The van der Waals surface area contributed by atoms with Crippen LogP contribution in [0.3, 0.4) is 0 Å². The van der Waals surface area contributed by atoms with E-state index in [0.29, 0.717) is 25.1 Å². The third-order valence-corrected chi connectivity index (χ3v) is 7.45. The fraction of sp³-hybridized carbons (Fsp3) is 0.429. The van der Waals surface area contributed by atoms with Crippen LogP contribution in [-0.2, 0) is 36.6 Å². The van der Waals surface area contributed by atoms with Crippen LogP contribution in [0.4, 0.5) is 0 Å². The van der Waals surface area contributed by atoms with E-state index in [1.54, 1.807) is 24.1 Å². The van der Waals surface area contributed by atoms with E-state index in [4.69, 9.17) is 0 Å². The predicted molar refractivity (Wildman–Crippen MR) is 88.5 cm³/mol. The summed E-state index contributed by atoms with van der Waals surface area (Å²) in [6, 6.07) is 0. The average Bonchev–Trinajstić information content (AvgIpc) is 3.10. The van der Waals surface area contributed by atoms with E-state index < -0.39 is 16.0 Å². The van der Waals surface area contributed by atoms with Gasteiger partial charge in [-0.2, -0.15) is 9.40 Å². The van der Waals surface area contributed by atoms with E-state index in [1.165, 1.54) is 11.4 Å². The van der Waals surface area contributed by atoms with Crippen LogP contribution in [0.1, 0.15) is 26.4 Å². The van der Waals surface area contributed by atoms with Gasteiger partial charge in [-0.25, -0.2) is 13.2 Å². The lowest BCUT2D eigenvalue weighted by Crippen LogP contribution is -2.27. The molecule has 0 unspecified atom stereocenters. The number of sulfonamides is 1. The summed E-state index contributed by atoms with van der Waals surface area (Å²) < 4.78 is 28.5. The number of nitrogens with zero attached hydrogens (tertiary/aromatic N) is 3. The topological polar surface area (TPSA) is 105 Å². The number of thiophene rings is 1. The van der Waals surface area contributed by atoms with Gasteiger partial charge in [0, 0.05) is 43.8 Å². The molecule has 0 amide bonds. The molecular formula is C14H18N4O4S2. The maximum Gasteiger partial charge on any atom is 0.338 e. The number of aryl methyl sites for hydroxylation is 1.